The third-order valence-electron chi connectivity index (χ3n) is 5.37. The molecule has 3 N–H and O–H groups in total. The van der Waals surface area contributed by atoms with Crippen molar-refractivity contribution in [1.82, 2.24) is 20.2 Å². The molecule has 0 bridgehead atoms. The van der Waals surface area contributed by atoms with E-state index in [4.69, 9.17) is 11.6 Å². The van der Waals surface area contributed by atoms with Crippen LogP contribution in [0.1, 0.15) is 24.5 Å². The van der Waals surface area contributed by atoms with E-state index in [-0.39, 0.29) is 10.9 Å². The van der Waals surface area contributed by atoms with Gasteiger partial charge in [-0.15, -0.1) is 0 Å². The topological polar surface area (TPSA) is 73.1 Å². The first-order valence-electron chi connectivity index (χ1n) is 9.67. The predicted molar refractivity (Wildman–Crippen MR) is 113 cm³/mol. The number of nitrogens with zero attached hydrogens (tertiary/aromatic N) is 2. The van der Waals surface area contributed by atoms with Crippen molar-refractivity contribution in [1.29, 1.82) is 0 Å². The molecule has 4 rings (SSSR count). The Balaban J connectivity index is 1.52. The van der Waals surface area contributed by atoms with E-state index in [1.54, 1.807) is 25.4 Å². The molecule has 1 aliphatic heterocycles. The van der Waals surface area contributed by atoms with Crippen LogP contribution in [-0.4, -0.2) is 47.5 Å². The number of anilines is 2. The van der Waals surface area contributed by atoms with Crippen LogP contribution in [0.2, 0.25) is 5.02 Å². The van der Waals surface area contributed by atoms with Crippen molar-refractivity contribution in [2.45, 2.75) is 18.8 Å². The van der Waals surface area contributed by atoms with Gasteiger partial charge in [0.25, 0.3) is 0 Å². The number of hydrogen-bond donors (Lipinski definition) is 3. The van der Waals surface area contributed by atoms with Gasteiger partial charge in [0.15, 0.2) is 0 Å². The van der Waals surface area contributed by atoms with E-state index in [2.05, 4.69) is 26.7 Å². The molecule has 29 heavy (non-hydrogen) atoms. The largest absolute Gasteiger partial charge is 0.355 e. The summed E-state index contributed by atoms with van der Waals surface area (Å²) < 4.78 is 13.4. The van der Waals surface area contributed by atoms with Gasteiger partial charge in [-0.3, -0.25) is 4.79 Å². The number of piperidine rings is 1. The Morgan fingerprint density at radius 2 is 2.10 bits per heavy atom. The SMILES string of the molecule is CNCC(=O)N1CCC(c2cc3c(Nc4ccc(F)c(Cl)c4)ccnc3[nH]2)CC1. The highest BCUT2D eigenvalue weighted by Crippen LogP contribution is 2.33. The number of halogens is 2. The summed E-state index contributed by atoms with van der Waals surface area (Å²) in [6, 6.07) is 8.56. The van der Waals surface area contributed by atoms with E-state index in [9.17, 15) is 9.18 Å². The molecule has 1 aromatic carbocycles. The van der Waals surface area contributed by atoms with Crippen molar-refractivity contribution in [3.63, 3.8) is 0 Å². The van der Waals surface area contributed by atoms with E-state index in [1.807, 2.05) is 11.0 Å². The molecule has 0 atom stereocenters. The second-order valence-electron chi connectivity index (χ2n) is 7.28. The molecule has 1 fully saturated rings. The molecule has 152 valence electrons. The van der Waals surface area contributed by atoms with Crippen LogP contribution in [-0.2, 0) is 4.79 Å². The van der Waals surface area contributed by atoms with E-state index in [0.29, 0.717) is 18.2 Å². The molecule has 2 aromatic heterocycles. The maximum atomic E-state index is 13.4. The van der Waals surface area contributed by atoms with Crippen LogP contribution in [0, 0.1) is 5.82 Å². The number of carbonyl (C=O) groups excluding carboxylic acids is 1. The van der Waals surface area contributed by atoms with Crippen LogP contribution in [0.25, 0.3) is 11.0 Å². The number of carbonyl (C=O) groups is 1. The second-order valence-corrected chi connectivity index (χ2v) is 7.69. The van der Waals surface area contributed by atoms with Crippen LogP contribution < -0.4 is 10.6 Å². The van der Waals surface area contributed by atoms with Gasteiger partial charge in [0.1, 0.15) is 11.5 Å². The molecular weight excluding hydrogens is 393 g/mol. The fourth-order valence-electron chi connectivity index (χ4n) is 3.81. The number of hydrogen-bond acceptors (Lipinski definition) is 4. The number of amides is 1. The smallest absolute Gasteiger partial charge is 0.236 e. The first-order chi connectivity index (χ1) is 14.0. The van der Waals surface area contributed by atoms with Gasteiger partial charge in [0, 0.05) is 42.0 Å². The molecule has 3 aromatic rings. The quantitative estimate of drug-likeness (QED) is 0.588. The van der Waals surface area contributed by atoms with Crippen molar-refractivity contribution < 1.29 is 9.18 Å². The fraction of sp³-hybridized carbons (Fsp3) is 0.333. The number of nitrogens with one attached hydrogen (secondary N) is 3. The molecule has 0 radical (unpaired) electrons. The van der Waals surface area contributed by atoms with Crippen LogP contribution in [0.4, 0.5) is 15.8 Å². The number of aromatic nitrogens is 2. The highest BCUT2D eigenvalue weighted by Gasteiger charge is 2.25. The lowest BCUT2D eigenvalue weighted by Gasteiger charge is -2.31. The van der Waals surface area contributed by atoms with Crippen LogP contribution in [0.5, 0.6) is 0 Å². The van der Waals surface area contributed by atoms with Gasteiger partial charge in [-0.25, -0.2) is 9.37 Å². The summed E-state index contributed by atoms with van der Waals surface area (Å²) in [5.74, 6) is 0.0604. The summed E-state index contributed by atoms with van der Waals surface area (Å²) >= 11 is 5.89. The molecule has 8 heteroatoms. The zero-order chi connectivity index (χ0) is 20.4. The zero-order valence-corrected chi connectivity index (χ0v) is 16.9. The lowest BCUT2D eigenvalue weighted by molar-refractivity contribution is -0.131. The van der Waals surface area contributed by atoms with Crippen LogP contribution >= 0.6 is 11.6 Å². The van der Waals surface area contributed by atoms with Crippen molar-refractivity contribution in [2.75, 3.05) is 32.0 Å². The zero-order valence-electron chi connectivity index (χ0n) is 16.1. The molecule has 6 nitrogen and oxygen atoms in total. The molecule has 1 amide bonds. The normalized spacial score (nSPS) is 15.1. The minimum atomic E-state index is -0.444. The average Bonchev–Trinajstić information content (AvgIpc) is 3.16. The molecule has 0 unspecified atom stereocenters. The van der Waals surface area contributed by atoms with Gasteiger partial charge in [0.2, 0.25) is 5.91 Å². The number of rotatable bonds is 5. The van der Waals surface area contributed by atoms with E-state index < -0.39 is 5.82 Å². The minimum absolute atomic E-state index is 0.0784. The number of likely N-dealkylation sites (tertiary alicyclic amines) is 1. The van der Waals surface area contributed by atoms with Crippen molar-refractivity contribution in [3.8, 4) is 0 Å². The Hall–Kier alpha value is -2.64. The summed E-state index contributed by atoms with van der Waals surface area (Å²) in [6.07, 6.45) is 3.56. The van der Waals surface area contributed by atoms with Crippen LogP contribution in [0.15, 0.2) is 36.5 Å². The van der Waals surface area contributed by atoms with Gasteiger partial charge in [-0.1, -0.05) is 11.6 Å². The maximum absolute atomic E-state index is 13.4. The first-order valence-corrected chi connectivity index (χ1v) is 10.0. The van der Waals surface area contributed by atoms with Crippen molar-refractivity contribution in [3.05, 3.63) is 53.1 Å². The Morgan fingerprint density at radius 3 is 2.83 bits per heavy atom. The number of benzene rings is 1. The Bertz CT molecular complexity index is 1030. The Labute approximate surface area is 173 Å². The Morgan fingerprint density at radius 1 is 1.31 bits per heavy atom. The maximum Gasteiger partial charge on any atom is 0.236 e. The molecule has 0 aliphatic carbocycles. The lowest BCUT2D eigenvalue weighted by Crippen LogP contribution is -2.41. The fourth-order valence-corrected chi connectivity index (χ4v) is 3.99. The summed E-state index contributed by atoms with van der Waals surface area (Å²) in [4.78, 5) is 21.8. The first kappa shape index (κ1) is 19.7. The number of fused-ring (bicyclic) bond motifs is 1. The molecule has 1 aliphatic rings. The second kappa shape index (κ2) is 8.39. The van der Waals surface area contributed by atoms with E-state index in [1.165, 1.54) is 6.07 Å². The molecule has 3 heterocycles. The number of aromatic amines is 1. The van der Waals surface area contributed by atoms with Crippen molar-refractivity contribution >= 4 is 39.9 Å². The summed E-state index contributed by atoms with van der Waals surface area (Å²) in [5, 5.41) is 7.26. The van der Waals surface area contributed by atoms with E-state index >= 15 is 0 Å². The van der Waals surface area contributed by atoms with Gasteiger partial charge in [-0.2, -0.15) is 0 Å². The number of likely N-dealkylation sites (N-methyl/N-ethyl adjacent to an activating group) is 1. The Kier molecular flexibility index (Phi) is 5.69. The van der Waals surface area contributed by atoms with Gasteiger partial charge in [-0.05, 0) is 50.2 Å². The van der Waals surface area contributed by atoms with E-state index in [0.717, 1.165) is 48.3 Å². The lowest BCUT2D eigenvalue weighted by atomic mass is 9.93. The number of pyridine rings is 1. The molecule has 0 spiro atoms. The predicted octanol–water partition coefficient (Wildman–Crippen LogP) is 4.02. The summed E-state index contributed by atoms with van der Waals surface area (Å²) in [6.45, 7) is 1.89. The molecule has 1 saturated heterocycles. The van der Waals surface area contributed by atoms with Gasteiger partial charge < -0.3 is 20.5 Å². The summed E-state index contributed by atoms with van der Waals surface area (Å²) in [5.41, 5.74) is 3.51. The average molecular weight is 416 g/mol. The third kappa shape index (κ3) is 4.21. The highest BCUT2D eigenvalue weighted by atomic mass is 35.5. The third-order valence-corrected chi connectivity index (χ3v) is 5.66. The number of H-pyrrole nitrogens is 1. The van der Waals surface area contributed by atoms with Crippen LogP contribution in [0.3, 0.4) is 0 Å². The summed E-state index contributed by atoms with van der Waals surface area (Å²) in [7, 11) is 1.79. The van der Waals surface area contributed by atoms with Crippen molar-refractivity contribution in [2.24, 2.45) is 0 Å². The standard InChI is InChI=1S/C21H23ClFN5O/c1-24-12-20(29)28-8-5-13(6-9-28)19-11-15-18(4-7-25-21(15)27-19)26-14-2-3-17(23)16(22)10-14/h2-4,7,10-11,13,24H,5-6,8-9,12H2,1H3,(H2,25,26,27). The van der Waals surface area contributed by atoms with Gasteiger partial charge in [0.05, 0.1) is 17.3 Å². The molecule has 0 saturated carbocycles. The minimum Gasteiger partial charge on any atom is -0.355 e. The van der Waals surface area contributed by atoms with Gasteiger partial charge >= 0.3 is 0 Å². The monoisotopic (exact) mass is 415 g/mol. The highest BCUT2D eigenvalue weighted by molar-refractivity contribution is 6.31. The molecular formula is C21H23ClFN5O.